The molecule has 1 heterocycles. The van der Waals surface area contributed by atoms with Gasteiger partial charge in [-0.2, -0.15) is 0 Å². The molecule has 3 nitrogen and oxygen atoms in total. The molecule has 1 aromatic heterocycles. The van der Waals surface area contributed by atoms with Gasteiger partial charge in [0.05, 0.1) is 0 Å². The van der Waals surface area contributed by atoms with Crippen LogP contribution in [0, 0.1) is 0 Å². The molecule has 0 spiro atoms. The van der Waals surface area contributed by atoms with Crippen molar-refractivity contribution in [3.8, 4) is 0 Å². The van der Waals surface area contributed by atoms with Crippen LogP contribution in [0.1, 0.15) is 18.9 Å². The third-order valence-electron chi connectivity index (χ3n) is 2.73. The van der Waals surface area contributed by atoms with Gasteiger partial charge in [0.25, 0.3) is 0 Å². The maximum Gasteiger partial charge on any atom is 0.127 e. The maximum atomic E-state index is 4.29. The van der Waals surface area contributed by atoms with Crippen LogP contribution in [0.2, 0.25) is 0 Å². The molecule has 100 valence electrons. The summed E-state index contributed by atoms with van der Waals surface area (Å²) >= 11 is 3.44. The zero-order valence-corrected chi connectivity index (χ0v) is 12.6. The van der Waals surface area contributed by atoms with Gasteiger partial charge in [0.15, 0.2) is 0 Å². The van der Waals surface area contributed by atoms with Crippen molar-refractivity contribution in [3.63, 3.8) is 0 Å². The molecule has 0 aliphatic carbocycles. The molecule has 0 saturated heterocycles. The first-order chi connectivity index (χ1) is 9.28. The van der Waals surface area contributed by atoms with Crippen molar-refractivity contribution >= 4 is 27.4 Å². The summed E-state index contributed by atoms with van der Waals surface area (Å²) in [4.78, 5) is 4.29. The van der Waals surface area contributed by atoms with E-state index in [-0.39, 0.29) is 0 Å². The van der Waals surface area contributed by atoms with Gasteiger partial charge >= 0.3 is 0 Å². The Morgan fingerprint density at radius 3 is 2.63 bits per heavy atom. The maximum absolute atomic E-state index is 4.29. The number of hydrogen-bond donors (Lipinski definition) is 2. The Morgan fingerprint density at radius 1 is 1.11 bits per heavy atom. The third kappa shape index (κ3) is 4.56. The lowest BCUT2D eigenvalue weighted by atomic mass is 10.2. The Bertz CT molecular complexity index is 511. The lowest BCUT2D eigenvalue weighted by molar-refractivity contribution is 0.969. The lowest BCUT2D eigenvalue weighted by Gasteiger charge is -2.09. The number of rotatable bonds is 6. The van der Waals surface area contributed by atoms with Gasteiger partial charge in [-0.1, -0.05) is 35.0 Å². The molecule has 0 bridgehead atoms. The highest BCUT2D eigenvalue weighted by Gasteiger charge is 1.97. The average Bonchev–Trinajstić information content (AvgIpc) is 2.45. The van der Waals surface area contributed by atoms with Crippen LogP contribution in [0.15, 0.2) is 47.1 Å². The van der Waals surface area contributed by atoms with E-state index in [1.54, 1.807) is 0 Å². The summed E-state index contributed by atoms with van der Waals surface area (Å²) in [6.07, 6.45) is 2.92. The topological polar surface area (TPSA) is 37.0 Å². The van der Waals surface area contributed by atoms with Gasteiger partial charge in [0.2, 0.25) is 0 Å². The molecule has 19 heavy (non-hydrogen) atoms. The van der Waals surface area contributed by atoms with E-state index >= 15 is 0 Å². The fourth-order valence-electron chi connectivity index (χ4n) is 1.70. The van der Waals surface area contributed by atoms with Crippen molar-refractivity contribution in [2.24, 2.45) is 0 Å². The van der Waals surface area contributed by atoms with Crippen LogP contribution in [0.25, 0.3) is 0 Å². The fourth-order valence-corrected chi connectivity index (χ4v) is 1.96. The number of halogens is 1. The molecule has 0 atom stereocenters. The smallest absolute Gasteiger partial charge is 0.127 e. The van der Waals surface area contributed by atoms with E-state index in [1.165, 1.54) is 5.56 Å². The standard InChI is InChI=1S/C15H18BrN3/c1-2-8-17-15-10-14(7-9-18-15)19-11-12-3-5-13(16)6-4-12/h3-7,9-10H,2,8,11H2,1H3,(H2,17,18,19). The quantitative estimate of drug-likeness (QED) is 0.834. The van der Waals surface area contributed by atoms with Gasteiger partial charge in [-0.3, -0.25) is 0 Å². The van der Waals surface area contributed by atoms with Gasteiger partial charge in [-0.05, 0) is 30.2 Å². The van der Waals surface area contributed by atoms with E-state index in [0.717, 1.165) is 35.5 Å². The van der Waals surface area contributed by atoms with Crippen molar-refractivity contribution in [3.05, 3.63) is 52.6 Å². The van der Waals surface area contributed by atoms with Crippen LogP contribution < -0.4 is 10.6 Å². The van der Waals surface area contributed by atoms with Crippen LogP contribution in [0.4, 0.5) is 11.5 Å². The normalized spacial score (nSPS) is 10.2. The SMILES string of the molecule is CCCNc1cc(NCc2ccc(Br)cc2)ccn1. The molecule has 4 heteroatoms. The molecule has 1 aromatic carbocycles. The van der Waals surface area contributed by atoms with Gasteiger partial charge in [0, 0.05) is 35.5 Å². The monoisotopic (exact) mass is 319 g/mol. The number of nitrogens with zero attached hydrogens (tertiary/aromatic N) is 1. The summed E-state index contributed by atoms with van der Waals surface area (Å²) in [6.45, 7) is 3.90. The Morgan fingerprint density at radius 2 is 1.89 bits per heavy atom. The Labute approximate surface area is 122 Å². The molecule has 0 saturated carbocycles. The molecule has 0 aliphatic rings. The second kappa shape index (κ2) is 7.14. The van der Waals surface area contributed by atoms with Crippen molar-refractivity contribution in [2.75, 3.05) is 17.2 Å². The van der Waals surface area contributed by atoms with Gasteiger partial charge in [-0.25, -0.2) is 4.98 Å². The summed E-state index contributed by atoms with van der Waals surface area (Å²) < 4.78 is 1.10. The Balaban J connectivity index is 1.93. The number of hydrogen-bond acceptors (Lipinski definition) is 3. The number of nitrogens with one attached hydrogen (secondary N) is 2. The van der Waals surface area contributed by atoms with Crippen LogP contribution >= 0.6 is 15.9 Å². The van der Waals surface area contributed by atoms with Crippen LogP contribution in [-0.4, -0.2) is 11.5 Å². The summed E-state index contributed by atoms with van der Waals surface area (Å²) in [5.41, 5.74) is 2.33. The minimum absolute atomic E-state index is 0.810. The highest BCUT2D eigenvalue weighted by Crippen LogP contribution is 2.15. The van der Waals surface area contributed by atoms with E-state index in [1.807, 2.05) is 18.3 Å². The lowest BCUT2D eigenvalue weighted by Crippen LogP contribution is -2.04. The highest BCUT2D eigenvalue weighted by atomic mass is 79.9. The predicted octanol–water partition coefficient (Wildman–Crippen LogP) is 4.28. The van der Waals surface area contributed by atoms with Gasteiger partial charge in [0.1, 0.15) is 5.82 Å². The minimum atomic E-state index is 0.810. The van der Waals surface area contributed by atoms with Gasteiger partial charge < -0.3 is 10.6 Å². The van der Waals surface area contributed by atoms with Crippen LogP contribution in [0.3, 0.4) is 0 Å². The molecule has 0 fully saturated rings. The number of benzene rings is 1. The second-order valence-electron chi connectivity index (χ2n) is 4.34. The first-order valence-corrected chi connectivity index (χ1v) is 7.25. The fraction of sp³-hybridized carbons (Fsp3) is 0.267. The summed E-state index contributed by atoms with van der Waals surface area (Å²) in [5, 5.41) is 6.68. The Hall–Kier alpha value is -1.55. The largest absolute Gasteiger partial charge is 0.381 e. The zero-order valence-electron chi connectivity index (χ0n) is 11.0. The van der Waals surface area contributed by atoms with Crippen molar-refractivity contribution in [1.29, 1.82) is 0 Å². The predicted molar refractivity (Wildman–Crippen MR) is 84.5 cm³/mol. The zero-order chi connectivity index (χ0) is 13.5. The second-order valence-corrected chi connectivity index (χ2v) is 5.25. The molecular weight excluding hydrogens is 302 g/mol. The first-order valence-electron chi connectivity index (χ1n) is 6.46. The van der Waals surface area contributed by atoms with E-state index in [2.05, 4.69) is 62.7 Å². The minimum Gasteiger partial charge on any atom is -0.381 e. The number of anilines is 2. The van der Waals surface area contributed by atoms with E-state index in [4.69, 9.17) is 0 Å². The van der Waals surface area contributed by atoms with Crippen molar-refractivity contribution in [1.82, 2.24) is 4.98 Å². The van der Waals surface area contributed by atoms with E-state index in [0.29, 0.717) is 0 Å². The van der Waals surface area contributed by atoms with Crippen LogP contribution in [0.5, 0.6) is 0 Å². The summed E-state index contributed by atoms with van der Waals surface area (Å²) in [5.74, 6) is 0.919. The molecule has 2 aromatic rings. The average molecular weight is 320 g/mol. The Kier molecular flexibility index (Phi) is 5.21. The third-order valence-corrected chi connectivity index (χ3v) is 3.25. The van der Waals surface area contributed by atoms with Crippen LogP contribution in [-0.2, 0) is 6.54 Å². The van der Waals surface area contributed by atoms with Crippen molar-refractivity contribution in [2.45, 2.75) is 19.9 Å². The molecular formula is C15H18BrN3. The molecule has 2 N–H and O–H groups in total. The molecule has 0 radical (unpaired) electrons. The molecule has 0 aliphatic heterocycles. The summed E-state index contributed by atoms with van der Waals surface area (Å²) in [6, 6.07) is 12.3. The number of pyridine rings is 1. The molecule has 2 rings (SSSR count). The molecule has 0 amide bonds. The number of aromatic nitrogens is 1. The van der Waals surface area contributed by atoms with E-state index < -0.39 is 0 Å². The first kappa shape index (κ1) is 13.9. The molecule has 0 unspecified atom stereocenters. The van der Waals surface area contributed by atoms with Crippen molar-refractivity contribution < 1.29 is 0 Å². The van der Waals surface area contributed by atoms with Gasteiger partial charge in [-0.15, -0.1) is 0 Å². The summed E-state index contributed by atoms with van der Waals surface area (Å²) in [7, 11) is 0. The van der Waals surface area contributed by atoms with E-state index in [9.17, 15) is 0 Å². The highest BCUT2D eigenvalue weighted by molar-refractivity contribution is 9.10.